The van der Waals surface area contributed by atoms with Gasteiger partial charge in [0.25, 0.3) is 0 Å². The molecular weight excluding hydrogens is 153 g/mol. The van der Waals surface area contributed by atoms with Crippen molar-refractivity contribution in [3.8, 4) is 0 Å². The lowest BCUT2D eigenvalue weighted by Crippen LogP contribution is -2.02. The molecule has 0 saturated heterocycles. The first-order valence-electron chi connectivity index (χ1n) is 2.57. The van der Waals surface area contributed by atoms with E-state index in [9.17, 15) is 4.57 Å². The summed E-state index contributed by atoms with van der Waals surface area (Å²) in [5, 5.41) is 0.00231. The zero-order valence-electron chi connectivity index (χ0n) is 5.01. The van der Waals surface area contributed by atoms with Crippen LogP contribution in [0.4, 0.5) is 0 Å². The van der Waals surface area contributed by atoms with Gasteiger partial charge in [-0.1, -0.05) is 0 Å². The number of pyridine rings is 1. The van der Waals surface area contributed by atoms with Crippen LogP contribution in [-0.4, -0.2) is 14.8 Å². The van der Waals surface area contributed by atoms with Crippen molar-refractivity contribution in [2.24, 2.45) is 0 Å². The van der Waals surface area contributed by atoms with Gasteiger partial charge in [-0.2, -0.15) is 0 Å². The Morgan fingerprint density at radius 2 is 1.80 bits per heavy atom. The van der Waals surface area contributed by atoms with Crippen LogP contribution in [0.15, 0.2) is 24.5 Å². The van der Waals surface area contributed by atoms with Crippen molar-refractivity contribution in [1.29, 1.82) is 0 Å². The fraction of sp³-hybridized carbons (Fsp3) is 0. The molecule has 1 heterocycles. The first-order chi connectivity index (χ1) is 4.61. The Kier molecular flexibility index (Phi) is 1.85. The maximum atomic E-state index is 10.5. The molecule has 5 heteroatoms. The SMILES string of the molecule is O=P(O)(O)c1ccncc1. The van der Waals surface area contributed by atoms with Crippen LogP contribution in [0.3, 0.4) is 0 Å². The minimum Gasteiger partial charge on any atom is -0.321 e. The van der Waals surface area contributed by atoms with Gasteiger partial charge < -0.3 is 9.79 Å². The average Bonchev–Trinajstić information content (AvgIpc) is 1.88. The lowest BCUT2D eigenvalue weighted by atomic mass is 10.5. The summed E-state index contributed by atoms with van der Waals surface area (Å²) in [7, 11) is -4.06. The lowest BCUT2D eigenvalue weighted by Gasteiger charge is -2.00. The first-order valence-corrected chi connectivity index (χ1v) is 4.18. The number of hydrogen-bond donors (Lipinski definition) is 2. The molecule has 2 N–H and O–H groups in total. The second kappa shape index (κ2) is 2.50. The molecule has 0 bridgehead atoms. The van der Waals surface area contributed by atoms with Crippen LogP contribution in [0.1, 0.15) is 0 Å². The molecule has 0 aromatic carbocycles. The Labute approximate surface area is 57.7 Å². The maximum Gasteiger partial charge on any atom is 0.356 e. The molecule has 0 saturated carbocycles. The Hall–Kier alpha value is -0.700. The molecule has 0 atom stereocenters. The van der Waals surface area contributed by atoms with Crippen LogP contribution in [0.2, 0.25) is 0 Å². The summed E-state index contributed by atoms with van der Waals surface area (Å²) in [4.78, 5) is 20.8. The van der Waals surface area contributed by atoms with Gasteiger partial charge in [0.15, 0.2) is 0 Å². The van der Waals surface area contributed by atoms with Gasteiger partial charge >= 0.3 is 7.60 Å². The Morgan fingerprint density at radius 3 is 2.10 bits per heavy atom. The van der Waals surface area contributed by atoms with Gasteiger partial charge in [-0.05, 0) is 12.1 Å². The van der Waals surface area contributed by atoms with Gasteiger partial charge in [-0.3, -0.25) is 9.55 Å². The van der Waals surface area contributed by atoms with Gasteiger partial charge in [-0.15, -0.1) is 0 Å². The van der Waals surface area contributed by atoms with E-state index in [0.29, 0.717) is 0 Å². The van der Waals surface area contributed by atoms with E-state index >= 15 is 0 Å². The molecule has 10 heavy (non-hydrogen) atoms. The monoisotopic (exact) mass is 159 g/mol. The van der Waals surface area contributed by atoms with Gasteiger partial charge in [0.1, 0.15) is 0 Å². The van der Waals surface area contributed by atoms with Crippen molar-refractivity contribution >= 4 is 12.9 Å². The van der Waals surface area contributed by atoms with Gasteiger partial charge in [0, 0.05) is 12.4 Å². The predicted molar refractivity (Wildman–Crippen MR) is 35.9 cm³/mol. The van der Waals surface area contributed by atoms with Crippen molar-refractivity contribution in [2.45, 2.75) is 0 Å². The fourth-order valence-electron chi connectivity index (χ4n) is 0.538. The molecule has 1 aromatic rings. The van der Waals surface area contributed by atoms with E-state index < -0.39 is 7.60 Å². The highest BCUT2D eigenvalue weighted by molar-refractivity contribution is 7.60. The largest absolute Gasteiger partial charge is 0.356 e. The van der Waals surface area contributed by atoms with Crippen molar-refractivity contribution in [3.05, 3.63) is 24.5 Å². The Morgan fingerprint density at radius 1 is 1.30 bits per heavy atom. The molecular formula is C5H6NO3P. The number of nitrogens with zero attached hydrogens (tertiary/aromatic N) is 1. The predicted octanol–water partition coefficient (Wildman–Crippen LogP) is -0.115. The van der Waals surface area contributed by atoms with Gasteiger partial charge in [0.2, 0.25) is 0 Å². The normalized spacial score (nSPS) is 11.4. The third kappa shape index (κ3) is 1.64. The molecule has 0 spiro atoms. The van der Waals surface area contributed by atoms with E-state index in [1.807, 2.05) is 0 Å². The Balaban J connectivity index is 3.09. The highest BCUT2D eigenvalue weighted by Gasteiger charge is 2.14. The molecule has 0 aliphatic rings. The summed E-state index contributed by atoms with van der Waals surface area (Å²) in [6.45, 7) is 0. The summed E-state index contributed by atoms with van der Waals surface area (Å²) in [5.41, 5.74) is 0. The number of rotatable bonds is 1. The van der Waals surface area contributed by atoms with Crippen LogP contribution in [-0.2, 0) is 4.57 Å². The quantitative estimate of drug-likeness (QED) is 0.560. The molecule has 0 unspecified atom stereocenters. The molecule has 54 valence electrons. The van der Waals surface area contributed by atoms with Crippen molar-refractivity contribution in [1.82, 2.24) is 4.98 Å². The van der Waals surface area contributed by atoms with Crippen LogP contribution < -0.4 is 5.30 Å². The Bertz CT molecular complexity index is 255. The average molecular weight is 159 g/mol. The summed E-state index contributed by atoms with van der Waals surface area (Å²) in [6, 6.07) is 2.58. The third-order valence-electron chi connectivity index (χ3n) is 0.999. The molecule has 0 fully saturated rings. The van der Waals surface area contributed by atoms with Crippen LogP contribution in [0, 0.1) is 0 Å². The third-order valence-corrected chi connectivity index (χ3v) is 1.97. The highest BCUT2D eigenvalue weighted by atomic mass is 31.2. The van der Waals surface area contributed by atoms with Crippen LogP contribution in [0.5, 0.6) is 0 Å². The van der Waals surface area contributed by atoms with E-state index in [4.69, 9.17) is 9.79 Å². The second-order valence-corrected chi connectivity index (χ2v) is 3.35. The van der Waals surface area contributed by atoms with E-state index in [1.165, 1.54) is 24.5 Å². The van der Waals surface area contributed by atoms with Crippen LogP contribution >= 0.6 is 7.60 Å². The highest BCUT2D eigenvalue weighted by Crippen LogP contribution is 2.32. The zero-order valence-corrected chi connectivity index (χ0v) is 5.90. The van der Waals surface area contributed by atoms with E-state index in [0.717, 1.165) is 0 Å². The minimum atomic E-state index is -4.06. The van der Waals surface area contributed by atoms with E-state index in [1.54, 1.807) is 0 Å². The maximum absolute atomic E-state index is 10.5. The minimum absolute atomic E-state index is 0.00231. The van der Waals surface area contributed by atoms with E-state index in [2.05, 4.69) is 4.98 Å². The molecule has 0 amide bonds. The van der Waals surface area contributed by atoms with Crippen molar-refractivity contribution in [2.75, 3.05) is 0 Å². The fourth-order valence-corrected chi connectivity index (χ4v) is 1.06. The van der Waals surface area contributed by atoms with Gasteiger partial charge in [0.05, 0.1) is 5.30 Å². The topological polar surface area (TPSA) is 70.4 Å². The standard InChI is InChI=1S/C5H6NO3P/c7-10(8,9)5-1-3-6-4-2-5/h1-4H,(H2,7,8,9). The van der Waals surface area contributed by atoms with Crippen molar-refractivity contribution < 1.29 is 14.4 Å². The lowest BCUT2D eigenvalue weighted by molar-refractivity contribution is 0.387. The molecule has 4 nitrogen and oxygen atoms in total. The van der Waals surface area contributed by atoms with E-state index in [-0.39, 0.29) is 5.30 Å². The summed E-state index contributed by atoms with van der Waals surface area (Å²) < 4.78 is 10.5. The zero-order chi connectivity index (χ0) is 7.61. The molecule has 0 aliphatic heterocycles. The van der Waals surface area contributed by atoms with Crippen molar-refractivity contribution in [3.63, 3.8) is 0 Å². The summed E-state index contributed by atoms with van der Waals surface area (Å²) >= 11 is 0. The molecule has 0 radical (unpaired) electrons. The first kappa shape index (κ1) is 7.41. The number of hydrogen-bond acceptors (Lipinski definition) is 2. The second-order valence-electron chi connectivity index (χ2n) is 1.75. The smallest absolute Gasteiger partial charge is 0.321 e. The molecule has 1 aromatic heterocycles. The summed E-state index contributed by atoms with van der Waals surface area (Å²) in [5.74, 6) is 0. The van der Waals surface area contributed by atoms with Gasteiger partial charge in [-0.25, -0.2) is 0 Å². The molecule has 0 aliphatic carbocycles. The van der Waals surface area contributed by atoms with Crippen LogP contribution in [0.25, 0.3) is 0 Å². The molecule has 1 rings (SSSR count). The summed E-state index contributed by atoms with van der Waals surface area (Å²) in [6.07, 6.45) is 2.68. The number of aromatic nitrogens is 1.